The maximum atomic E-state index is 13.4. The topological polar surface area (TPSA) is 188 Å². The first-order chi connectivity index (χ1) is 19.5. The molecular weight excluding hydrogens is 546 g/mol. The van der Waals surface area contributed by atoms with Crippen molar-refractivity contribution in [2.75, 3.05) is 13.2 Å². The summed E-state index contributed by atoms with van der Waals surface area (Å²) < 4.78 is 5.14. The summed E-state index contributed by atoms with van der Waals surface area (Å²) in [5.41, 5.74) is -3.28. The number of carboxylic acids is 1. The van der Waals surface area contributed by atoms with E-state index in [1.165, 1.54) is 13.8 Å². The van der Waals surface area contributed by atoms with Crippen LogP contribution in [-0.4, -0.2) is 80.8 Å². The summed E-state index contributed by atoms with van der Waals surface area (Å²) >= 11 is 0. The van der Waals surface area contributed by atoms with Gasteiger partial charge in [0.2, 0.25) is 11.7 Å². The molecule has 0 unspecified atom stereocenters. The number of ether oxygens (including phenoxy) is 1. The molecule has 5 N–H and O–H groups in total. The van der Waals surface area contributed by atoms with Crippen molar-refractivity contribution in [3.05, 3.63) is 23.8 Å². The summed E-state index contributed by atoms with van der Waals surface area (Å²) in [6.45, 7) is 6.07. The van der Waals surface area contributed by atoms with Crippen LogP contribution in [0.5, 0.6) is 0 Å². The Balaban J connectivity index is 1.33. The van der Waals surface area contributed by atoms with Crippen LogP contribution in [0.1, 0.15) is 72.6 Å². The number of amides is 1. The molecule has 0 spiro atoms. The molecule has 0 bridgehead atoms. The van der Waals surface area contributed by atoms with Crippen molar-refractivity contribution in [1.29, 1.82) is 0 Å². The van der Waals surface area contributed by atoms with Gasteiger partial charge in [0.25, 0.3) is 0 Å². The lowest BCUT2D eigenvalue weighted by molar-refractivity contribution is -0.181. The highest BCUT2D eigenvalue weighted by molar-refractivity contribution is 6.01. The third-order valence-corrected chi connectivity index (χ3v) is 10.7. The number of carbonyl (C=O) groups is 5. The Morgan fingerprint density at radius 3 is 2.52 bits per heavy atom. The Kier molecular flexibility index (Phi) is 8.63. The van der Waals surface area contributed by atoms with Crippen LogP contribution in [0.4, 0.5) is 0 Å². The maximum Gasteiger partial charge on any atom is 0.333 e. The van der Waals surface area contributed by atoms with Crippen LogP contribution < -0.4 is 5.32 Å². The molecule has 42 heavy (non-hydrogen) atoms. The number of carbonyl (C=O) groups excluding carboxylic acids is 4. The summed E-state index contributed by atoms with van der Waals surface area (Å²) in [6, 6.07) is 0. The SMILES string of the molecule is CC(C)(CNC(=O)CCC(=O)OCC(=O)[C@]1(O)CC[C@@H]2[C@@H]3CCC4=CC(=O)C=C[C@]4(C)[C@@H]3[C@@H](O)C[C@@]21C)[C@H](O)C(=O)O. The number of rotatable bonds is 10. The zero-order chi connectivity index (χ0) is 31.3. The molecular formula is C31H43NO10. The van der Waals surface area contributed by atoms with E-state index in [1.54, 1.807) is 12.2 Å². The highest BCUT2D eigenvalue weighted by atomic mass is 16.5. The van der Waals surface area contributed by atoms with Gasteiger partial charge in [0.1, 0.15) is 5.60 Å². The van der Waals surface area contributed by atoms with Crippen LogP contribution in [0.15, 0.2) is 23.8 Å². The first-order valence-corrected chi connectivity index (χ1v) is 14.7. The molecule has 0 aromatic heterocycles. The van der Waals surface area contributed by atoms with E-state index in [4.69, 9.17) is 9.84 Å². The fraction of sp³-hybridized carbons (Fsp3) is 0.710. The molecule has 0 aromatic carbocycles. The molecule has 8 atom stereocenters. The van der Waals surface area contributed by atoms with Crippen LogP contribution in [0.25, 0.3) is 0 Å². The Bertz CT molecular complexity index is 1220. The van der Waals surface area contributed by atoms with Gasteiger partial charge in [-0.15, -0.1) is 0 Å². The monoisotopic (exact) mass is 589 g/mol. The molecule has 11 nitrogen and oxygen atoms in total. The number of esters is 1. The average molecular weight is 590 g/mol. The van der Waals surface area contributed by atoms with Crippen LogP contribution in [-0.2, 0) is 28.7 Å². The minimum Gasteiger partial charge on any atom is -0.479 e. The molecule has 11 heteroatoms. The zero-order valence-electron chi connectivity index (χ0n) is 24.7. The molecule has 0 aromatic rings. The Labute approximate surface area is 245 Å². The molecule has 0 aliphatic heterocycles. The van der Waals surface area contributed by atoms with Crippen molar-refractivity contribution in [3.8, 4) is 0 Å². The second kappa shape index (κ2) is 11.3. The molecule has 0 saturated heterocycles. The predicted molar refractivity (Wildman–Crippen MR) is 149 cm³/mol. The molecule has 232 valence electrons. The highest BCUT2D eigenvalue weighted by Crippen LogP contribution is 2.67. The van der Waals surface area contributed by atoms with Crippen molar-refractivity contribution in [1.82, 2.24) is 5.32 Å². The lowest BCUT2D eigenvalue weighted by Gasteiger charge is -2.59. The van der Waals surface area contributed by atoms with Crippen LogP contribution in [0.3, 0.4) is 0 Å². The van der Waals surface area contributed by atoms with E-state index in [9.17, 15) is 39.3 Å². The summed E-state index contributed by atoms with van der Waals surface area (Å²) in [7, 11) is 0. The summed E-state index contributed by atoms with van der Waals surface area (Å²) in [4.78, 5) is 60.9. The number of hydrogen-bond donors (Lipinski definition) is 5. The van der Waals surface area contributed by atoms with E-state index < -0.39 is 64.3 Å². The van der Waals surface area contributed by atoms with Gasteiger partial charge in [-0.05, 0) is 56.1 Å². The first kappa shape index (κ1) is 32.0. The van der Waals surface area contributed by atoms with Crippen molar-refractivity contribution in [3.63, 3.8) is 0 Å². The van der Waals surface area contributed by atoms with E-state index in [0.717, 1.165) is 12.0 Å². The van der Waals surface area contributed by atoms with Gasteiger partial charge in [-0.3, -0.25) is 19.2 Å². The number of nitrogens with one attached hydrogen (secondary N) is 1. The summed E-state index contributed by atoms with van der Waals surface area (Å²) in [5.74, 6) is -3.57. The van der Waals surface area contributed by atoms with E-state index in [-0.39, 0.29) is 55.8 Å². The highest BCUT2D eigenvalue weighted by Gasteiger charge is 2.68. The number of ketones is 2. The lowest BCUT2D eigenvalue weighted by atomic mass is 9.46. The van der Waals surface area contributed by atoms with Gasteiger partial charge in [0, 0.05) is 35.1 Å². The molecule has 3 fully saturated rings. The van der Waals surface area contributed by atoms with E-state index in [2.05, 4.69) is 12.2 Å². The minimum atomic E-state index is -1.78. The Hall–Kier alpha value is -2.89. The van der Waals surface area contributed by atoms with E-state index in [0.29, 0.717) is 12.8 Å². The molecule has 0 heterocycles. The zero-order valence-corrected chi connectivity index (χ0v) is 24.7. The summed E-state index contributed by atoms with van der Waals surface area (Å²) in [5, 5.41) is 44.4. The number of fused-ring (bicyclic) bond motifs is 5. The van der Waals surface area contributed by atoms with Crippen molar-refractivity contribution >= 4 is 29.4 Å². The molecule has 4 rings (SSSR count). The molecule has 3 saturated carbocycles. The van der Waals surface area contributed by atoms with Crippen LogP contribution >= 0.6 is 0 Å². The van der Waals surface area contributed by atoms with Crippen LogP contribution in [0.2, 0.25) is 0 Å². The van der Waals surface area contributed by atoms with Gasteiger partial charge in [-0.2, -0.15) is 0 Å². The fourth-order valence-electron chi connectivity index (χ4n) is 8.19. The first-order valence-electron chi connectivity index (χ1n) is 14.7. The van der Waals surface area contributed by atoms with Crippen molar-refractivity contribution < 1.29 is 49.1 Å². The summed E-state index contributed by atoms with van der Waals surface area (Å²) in [6.07, 6.45) is 4.50. The molecule has 1 amide bonds. The largest absolute Gasteiger partial charge is 0.479 e. The molecule has 0 radical (unpaired) electrons. The Morgan fingerprint density at radius 2 is 1.86 bits per heavy atom. The molecule has 4 aliphatic rings. The number of hydrogen-bond acceptors (Lipinski definition) is 9. The number of carboxylic acid groups (broad SMARTS) is 1. The quantitative estimate of drug-likeness (QED) is 0.234. The second-order valence-electron chi connectivity index (χ2n) is 13.7. The minimum absolute atomic E-state index is 0.0347. The van der Waals surface area contributed by atoms with Gasteiger partial charge >= 0.3 is 11.9 Å². The molecule has 4 aliphatic carbocycles. The van der Waals surface area contributed by atoms with Gasteiger partial charge in [-0.25, -0.2) is 4.79 Å². The smallest absolute Gasteiger partial charge is 0.333 e. The number of allylic oxidation sites excluding steroid dienone is 4. The number of Topliss-reactive ketones (excluding diaryl/α,β-unsaturated/α-hetero) is 1. The van der Waals surface area contributed by atoms with Gasteiger partial charge < -0.3 is 30.5 Å². The number of aliphatic hydroxyl groups is 3. The van der Waals surface area contributed by atoms with E-state index >= 15 is 0 Å². The van der Waals surface area contributed by atoms with E-state index in [1.807, 2.05) is 13.0 Å². The van der Waals surface area contributed by atoms with Gasteiger partial charge in [0.15, 0.2) is 18.5 Å². The van der Waals surface area contributed by atoms with Crippen molar-refractivity contribution in [2.45, 2.75) is 90.4 Å². The predicted octanol–water partition coefficient (Wildman–Crippen LogP) is 1.48. The normalized spacial score (nSPS) is 36.2. The third-order valence-electron chi connectivity index (χ3n) is 10.7. The van der Waals surface area contributed by atoms with Gasteiger partial charge in [0.05, 0.1) is 12.5 Å². The third kappa shape index (κ3) is 5.46. The number of aliphatic hydroxyl groups excluding tert-OH is 2. The Morgan fingerprint density at radius 1 is 1.17 bits per heavy atom. The maximum absolute atomic E-state index is 13.4. The fourth-order valence-corrected chi connectivity index (χ4v) is 8.19. The lowest BCUT2D eigenvalue weighted by Crippen LogP contribution is -2.61. The van der Waals surface area contributed by atoms with Crippen molar-refractivity contribution in [2.24, 2.45) is 34.0 Å². The number of aliphatic carboxylic acids is 1. The standard InChI is InChI=1S/C31H43NO10/c1-28(2,26(38)27(39)40)16-32-23(36)7-8-24(37)42-15-22(35)31(41)12-10-20-19-6-5-17-13-18(33)9-11-29(17,3)25(19)21(34)14-30(20,31)4/h9,11,13,19-21,25-26,34,38,41H,5-8,10,12,14-16H2,1-4H3,(H,32,36)(H,39,40)/t19-,20+,21-,25-,26+,29-,30-,31+/m0/s1. The van der Waals surface area contributed by atoms with Crippen LogP contribution in [0, 0.1) is 34.0 Å². The van der Waals surface area contributed by atoms with Gasteiger partial charge in [-0.1, -0.05) is 39.3 Å². The average Bonchev–Trinajstić information content (AvgIpc) is 3.19. The second-order valence-corrected chi connectivity index (χ2v) is 13.7.